The second kappa shape index (κ2) is 8.74. The molecular formula is C19H17N5O5. The van der Waals surface area contributed by atoms with E-state index in [9.17, 15) is 19.7 Å². The van der Waals surface area contributed by atoms with Crippen molar-refractivity contribution in [3.63, 3.8) is 0 Å². The molecule has 0 atom stereocenters. The van der Waals surface area contributed by atoms with E-state index in [2.05, 4.69) is 20.1 Å². The summed E-state index contributed by atoms with van der Waals surface area (Å²) >= 11 is 0. The van der Waals surface area contributed by atoms with Gasteiger partial charge >= 0.3 is 5.97 Å². The fourth-order valence-electron chi connectivity index (χ4n) is 2.69. The first-order valence-corrected chi connectivity index (χ1v) is 8.58. The molecule has 3 aromatic rings. The maximum Gasteiger partial charge on any atom is 0.337 e. The van der Waals surface area contributed by atoms with Gasteiger partial charge < -0.3 is 10.1 Å². The number of methoxy groups -OCH3 is 1. The van der Waals surface area contributed by atoms with Crippen molar-refractivity contribution in [3.05, 3.63) is 81.9 Å². The number of esters is 1. The Morgan fingerprint density at radius 1 is 1.17 bits per heavy atom. The molecule has 1 aromatic heterocycles. The predicted octanol–water partition coefficient (Wildman–Crippen LogP) is 1.93. The first-order chi connectivity index (χ1) is 14.0. The van der Waals surface area contributed by atoms with Crippen LogP contribution in [0.1, 0.15) is 26.3 Å². The maximum absolute atomic E-state index is 12.4. The van der Waals surface area contributed by atoms with Gasteiger partial charge in [-0.15, -0.1) is 0 Å². The van der Waals surface area contributed by atoms with Crippen molar-refractivity contribution >= 4 is 17.6 Å². The normalized spacial score (nSPS) is 10.4. The number of amides is 1. The molecule has 3 rings (SSSR count). The van der Waals surface area contributed by atoms with Crippen molar-refractivity contribution in [1.82, 2.24) is 20.1 Å². The standard InChI is InChI=1S/C19H17N5O5/c1-29-19(26)14-4-2-13(3-5-14)8-9-21-18(25)15-6-7-16(17(10-15)24(27)28)23-12-20-11-22-23/h2-7,10-12H,8-9H2,1H3,(H,21,25). The summed E-state index contributed by atoms with van der Waals surface area (Å²) in [6, 6.07) is 11.0. The molecule has 1 amide bonds. The molecule has 0 spiro atoms. The van der Waals surface area contributed by atoms with Crippen LogP contribution in [0.2, 0.25) is 0 Å². The van der Waals surface area contributed by atoms with E-state index in [0.29, 0.717) is 18.5 Å². The number of nitrogens with zero attached hydrogens (tertiary/aromatic N) is 4. The summed E-state index contributed by atoms with van der Waals surface area (Å²) in [6.45, 7) is 0.328. The van der Waals surface area contributed by atoms with Crippen molar-refractivity contribution in [3.8, 4) is 5.69 Å². The Kier molecular flexibility index (Phi) is 5.93. The highest BCUT2D eigenvalue weighted by Crippen LogP contribution is 2.23. The number of nitro groups is 1. The van der Waals surface area contributed by atoms with E-state index < -0.39 is 16.8 Å². The Morgan fingerprint density at radius 3 is 2.52 bits per heavy atom. The summed E-state index contributed by atoms with van der Waals surface area (Å²) in [5.74, 6) is -0.842. The fraction of sp³-hybridized carbons (Fsp3) is 0.158. The van der Waals surface area contributed by atoms with Crippen LogP contribution in [0, 0.1) is 10.1 Å². The Hall–Kier alpha value is -4.08. The molecule has 0 aliphatic carbocycles. The molecule has 148 valence electrons. The molecule has 2 aromatic carbocycles. The first kappa shape index (κ1) is 19.7. The van der Waals surface area contributed by atoms with E-state index in [0.717, 1.165) is 5.56 Å². The Labute approximate surface area is 165 Å². The molecule has 10 nitrogen and oxygen atoms in total. The van der Waals surface area contributed by atoms with Gasteiger partial charge in [0.15, 0.2) is 0 Å². The van der Waals surface area contributed by atoms with E-state index in [-0.39, 0.29) is 16.9 Å². The summed E-state index contributed by atoms with van der Waals surface area (Å²) in [4.78, 5) is 38.3. The van der Waals surface area contributed by atoms with Crippen LogP contribution in [0.25, 0.3) is 5.69 Å². The zero-order valence-electron chi connectivity index (χ0n) is 15.4. The molecule has 1 N–H and O–H groups in total. The molecule has 1 heterocycles. The van der Waals surface area contributed by atoms with E-state index in [1.165, 1.54) is 42.6 Å². The quantitative estimate of drug-likeness (QED) is 0.367. The lowest BCUT2D eigenvalue weighted by molar-refractivity contribution is -0.384. The van der Waals surface area contributed by atoms with Crippen LogP contribution in [0.4, 0.5) is 5.69 Å². The molecule has 0 aliphatic heterocycles. The molecule has 29 heavy (non-hydrogen) atoms. The molecule has 0 bridgehead atoms. The number of ether oxygens (including phenoxy) is 1. The molecule has 0 unspecified atom stereocenters. The minimum Gasteiger partial charge on any atom is -0.465 e. The smallest absolute Gasteiger partial charge is 0.337 e. The SMILES string of the molecule is COC(=O)c1ccc(CCNC(=O)c2ccc(-n3cncn3)c([N+](=O)[O-])c2)cc1. The van der Waals surface area contributed by atoms with Gasteiger partial charge in [0.25, 0.3) is 11.6 Å². The highest BCUT2D eigenvalue weighted by Gasteiger charge is 2.19. The van der Waals surface area contributed by atoms with Gasteiger partial charge in [-0.1, -0.05) is 12.1 Å². The molecule has 0 aliphatic rings. The number of carbonyl (C=O) groups excluding carboxylic acids is 2. The number of benzene rings is 2. The minimum absolute atomic E-state index is 0.168. The van der Waals surface area contributed by atoms with Crippen LogP contribution >= 0.6 is 0 Å². The zero-order valence-corrected chi connectivity index (χ0v) is 15.4. The summed E-state index contributed by atoms with van der Waals surface area (Å²) < 4.78 is 5.91. The Bertz CT molecular complexity index is 1030. The average Bonchev–Trinajstić information content (AvgIpc) is 3.28. The number of hydrogen-bond donors (Lipinski definition) is 1. The third-order valence-corrected chi connectivity index (χ3v) is 4.17. The average molecular weight is 395 g/mol. The van der Waals surface area contributed by atoms with Crippen LogP contribution in [-0.4, -0.2) is 45.2 Å². The summed E-state index contributed by atoms with van der Waals surface area (Å²) in [7, 11) is 1.31. The molecule has 0 fully saturated rings. The second-order valence-electron chi connectivity index (χ2n) is 6.00. The van der Waals surface area contributed by atoms with Crippen molar-refractivity contribution in [2.75, 3.05) is 13.7 Å². The van der Waals surface area contributed by atoms with Crippen molar-refractivity contribution in [2.45, 2.75) is 6.42 Å². The number of nitro benzene ring substituents is 1. The van der Waals surface area contributed by atoms with Crippen LogP contribution < -0.4 is 5.32 Å². The molecule has 0 saturated heterocycles. The number of rotatable bonds is 7. The van der Waals surface area contributed by atoms with Crippen LogP contribution in [-0.2, 0) is 11.2 Å². The zero-order chi connectivity index (χ0) is 20.8. The van der Waals surface area contributed by atoms with Gasteiger partial charge in [0, 0.05) is 18.2 Å². The van der Waals surface area contributed by atoms with Crippen molar-refractivity contribution < 1.29 is 19.2 Å². The molecule has 0 saturated carbocycles. The lowest BCUT2D eigenvalue weighted by atomic mass is 10.1. The topological polar surface area (TPSA) is 129 Å². The minimum atomic E-state index is -0.573. The van der Waals surface area contributed by atoms with Gasteiger partial charge in [-0.3, -0.25) is 14.9 Å². The first-order valence-electron chi connectivity index (χ1n) is 8.58. The third-order valence-electron chi connectivity index (χ3n) is 4.17. The summed E-state index contributed by atoms with van der Waals surface area (Å²) in [5.41, 5.74) is 1.50. The summed E-state index contributed by atoms with van der Waals surface area (Å²) in [5, 5.41) is 18.0. The lowest BCUT2D eigenvalue weighted by Gasteiger charge is -2.08. The number of nitrogens with one attached hydrogen (secondary N) is 1. The van der Waals surface area contributed by atoms with Crippen LogP contribution in [0.5, 0.6) is 0 Å². The van der Waals surface area contributed by atoms with Gasteiger partial charge in [-0.25, -0.2) is 14.5 Å². The Balaban J connectivity index is 1.64. The van der Waals surface area contributed by atoms with Gasteiger partial charge in [-0.05, 0) is 36.2 Å². The monoisotopic (exact) mass is 395 g/mol. The Morgan fingerprint density at radius 2 is 1.90 bits per heavy atom. The fourth-order valence-corrected chi connectivity index (χ4v) is 2.69. The van der Waals surface area contributed by atoms with Crippen molar-refractivity contribution in [1.29, 1.82) is 0 Å². The predicted molar refractivity (Wildman–Crippen MR) is 102 cm³/mol. The van der Waals surface area contributed by atoms with E-state index >= 15 is 0 Å². The van der Waals surface area contributed by atoms with E-state index in [1.54, 1.807) is 24.3 Å². The lowest BCUT2D eigenvalue weighted by Crippen LogP contribution is -2.25. The van der Waals surface area contributed by atoms with E-state index in [1.807, 2.05) is 0 Å². The van der Waals surface area contributed by atoms with Crippen LogP contribution in [0.3, 0.4) is 0 Å². The molecule has 0 radical (unpaired) electrons. The number of carbonyl (C=O) groups is 2. The number of aromatic nitrogens is 3. The van der Waals surface area contributed by atoms with Gasteiger partial charge in [0.1, 0.15) is 18.3 Å². The van der Waals surface area contributed by atoms with Gasteiger partial charge in [0.05, 0.1) is 17.6 Å². The van der Waals surface area contributed by atoms with Gasteiger partial charge in [0.2, 0.25) is 0 Å². The van der Waals surface area contributed by atoms with Crippen molar-refractivity contribution in [2.24, 2.45) is 0 Å². The van der Waals surface area contributed by atoms with Crippen LogP contribution in [0.15, 0.2) is 55.1 Å². The second-order valence-corrected chi connectivity index (χ2v) is 6.00. The highest BCUT2D eigenvalue weighted by molar-refractivity contribution is 5.95. The van der Waals surface area contributed by atoms with E-state index in [4.69, 9.17) is 0 Å². The highest BCUT2D eigenvalue weighted by atomic mass is 16.6. The molecule has 10 heteroatoms. The summed E-state index contributed by atoms with van der Waals surface area (Å²) in [6.07, 6.45) is 3.14. The third kappa shape index (κ3) is 4.61. The maximum atomic E-state index is 12.4. The largest absolute Gasteiger partial charge is 0.465 e. The van der Waals surface area contributed by atoms with Gasteiger partial charge in [-0.2, -0.15) is 5.10 Å². The number of hydrogen-bond acceptors (Lipinski definition) is 7. The molecular weight excluding hydrogens is 378 g/mol.